The maximum atomic E-state index is 11.6. The van der Waals surface area contributed by atoms with Crippen LogP contribution in [0.15, 0.2) is 30.3 Å². The van der Waals surface area contributed by atoms with E-state index in [1.54, 1.807) is 6.92 Å². The predicted octanol–water partition coefficient (Wildman–Crippen LogP) is 2.11. The minimum atomic E-state index is -0.381. The average molecular weight is 287 g/mol. The molecule has 0 radical (unpaired) electrons. The lowest BCUT2D eigenvalue weighted by Gasteiger charge is -2.37. The number of nitrogens with zero attached hydrogens (tertiary/aromatic N) is 2. The summed E-state index contributed by atoms with van der Waals surface area (Å²) in [4.78, 5) is 13.7. The van der Waals surface area contributed by atoms with Crippen LogP contribution in [-0.2, 0) is 4.74 Å². The van der Waals surface area contributed by atoms with Crippen LogP contribution in [0.4, 0.5) is 4.79 Å². The molecule has 1 aliphatic heterocycles. The zero-order valence-corrected chi connectivity index (χ0v) is 12.3. The molecule has 1 saturated heterocycles. The molecular formula is C16H21N3O2. The molecule has 112 valence electrons. The van der Waals surface area contributed by atoms with Gasteiger partial charge in [0.15, 0.2) is 0 Å². The summed E-state index contributed by atoms with van der Waals surface area (Å²) in [6.07, 6.45) is 0.484. The molecule has 0 aliphatic carbocycles. The smallest absolute Gasteiger partial charge is 0.407 e. The number of nitriles is 1. The normalized spacial score (nSPS) is 22.3. The molecule has 0 saturated carbocycles. The molecule has 0 aromatic heterocycles. The fourth-order valence-electron chi connectivity index (χ4n) is 2.83. The monoisotopic (exact) mass is 287 g/mol. The summed E-state index contributed by atoms with van der Waals surface area (Å²) in [6.45, 7) is 4.07. The summed E-state index contributed by atoms with van der Waals surface area (Å²) in [5.41, 5.74) is 1.25. The molecule has 1 heterocycles. The van der Waals surface area contributed by atoms with Gasteiger partial charge >= 0.3 is 6.09 Å². The zero-order chi connectivity index (χ0) is 15.1. The highest BCUT2D eigenvalue weighted by molar-refractivity contribution is 5.67. The molecule has 2 unspecified atom stereocenters. The van der Waals surface area contributed by atoms with Crippen LogP contribution in [0.5, 0.6) is 0 Å². The predicted molar refractivity (Wildman–Crippen MR) is 79.8 cm³/mol. The minimum Gasteiger partial charge on any atom is -0.450 e. The van der Waals surface area contributed by atoms with Crippen molar-refractivity contribution in [3.63, 3.8) is 0 Å². The lowest BCUT2D eigenvalue weighted by molar-refractivity contribution is 0.133. The Morgan fingerprint density at radius 3 is 2.86 bits per heavy atom. The van der Waals surface area contributed by atoms with Gasteiger partial charge in [-0.05, 0) is 24.8 Å². The maximum Gasteiger partial charge on any atom is 0.407 e. The van der Waals surface area contributed by atoms with E-state index < -0.39 is 0 Å². The van der Waals surface area contributed by atoms with E-state index in [1.807, 2.05) is 18.2 Å². The maximum absolute atomic E-state index is 11.6. The van der Waals surface area contributed by atoms with E-state index in [1.165, 1.54) is 5.56 Å². The van der Waals surface area contributed by atoms with Gasteiger partial charge in [0.25, 0.3) is 0 Å². The van der Waals surface area contributed by atoms with E-state index in [-0.39, 0.29) is 12.1 Å². The average Bonchev–Trinajstić information content (AvgIpc) is 2.48. The second-order valence-electron chi connectivity index (χ2n) is 5.26. The number of benzene rings is 1. The molecule has 1 N–H and O–H groups in total. The molecule has 21 heavy (non-hydrogen) atoms. The highest BCUT2D eigenvalue weighted by atomic mass is 16.5. The van der Waals surface area contributed by atoms with Gasteiger partial charge in [0.1, 0.15) is 0 Å². The van der Waals surface area contributed by atoms with Crippen molar-refractivity contribution >= 4 is 6.09 Å². The summed E-state index contributed by atoms with van der Waals surface area (Å²) in [6, 6.07) is 12.4. The summed E-state index contributed by atoms with van der Waals surface area (Å²) in [5.74, 6) is 0.320. The molecule has 1 fully saturated rings. The number of rotatable bonds is 4. The van der Waals surface area contributed by atoms with Crippen LogP contribution in [-0.4, -0.2) is 43.3 Å². The van der Waals surface area contributed by atoms with Crippen LogP contribution in [0.3, 0.4) is 0 Å². The van der Waals surface area contributed by atoms with Crippen LogP contribution in [0, 0.1) is 11.3 Å². The van der Waals surface area contributed by atoms with Gasteiger partial charge in [0.2, 0.25) is 0 Å². The molecule has 1 aliphatic rings. The molecule has 0 bridgehead atoms. The number of nitrogens with one attached hydrogen (secondary N) is 1. The molecular weight excluding hydrogens is 266 g/mol. The number of ether oxygens (including phenoxy) is 1. The Kier molecular flexibility index (Phi) is 5.59. The van der Waals surface area contributed by atoms with Crippen LogP contribution in [0.2, 0.25) is 0 Å². The quantitative estimate of drug-likeness (QED) is 0.861. The third-order valence-corrected chi connectivity index (χ3v) is 3.69. The Morgan fingerprint density at radius 2 is 2.19 bits per heavy atom. The number of hydrogen-bond acceptors (Lipinski definition) is 4. The first-order chi connectivity index (χ1) is 10.2. The van der Waals surface area contributed by atoms with E-state index >= 15 is 0 Å². The third-order valence-electron chi connectivity index (χ3n) is 3.69. The van der Waals surface area contributed by atoms with E-state index in [4.69, 9.17) is 10.00 Å². The van der Waals surface area contributed by atoms with E-state index in [0.717, 1.165) is 13.0 Å². The van der Waals surface area contributed by atoms with Crippen LogP contribution in [0.1, 0.15) is 24.8 Å². The molecule has 5 heteroatoms. The minimum absolute atomic E-state index is 0.0105. The first-order valence-electron chi connectivity index (χ1n) is 7.30. The van der Waals surface area contributed by atoms with Crippen molar-refractivity contribution in [1.29, 1.82) is 5.26 Å². The molecule has 2 rings (SSSR count). The van der Waals surface area contributed by atoms with Crippen LogP contribution < -0.4 is 5.32 Å². The number of carbonyl (C=O) groups excluding carboxylic acids is 1. The SMILES string of the molecule is CCOC(=O)NC1CC(c2ccccc2)CN(CC#N)C1. The van der Waals surface area contributed by atoms with Crippen molar-refractivity contribution in [3.8, 4) is 6.07 Å². The Labute approximate surface area is 125 Å². The molecule has 5 nitrogen and oxygen atoms in total. The molecule has 2 atom stereocenters. The second-order valence-corrected chi connectivity index (χ2v) is 5.26. The van der Waals surface area contributed by atoms with Gasteiger partial charge in [-0.1, -0.05) is 30.3 Å². The lowest BCUT2D eigenvalue weighted by atomic mass is 9.88. The van der Waals surface area contributed by atoms with Crippen molar-refractivity contribution < 1.29 is 9.53 Å². The summed E-state index contributed by atoms with van der Waals surface area (Å²) in [7, 11) is 0. The standard InChI is InChI=1S/C16H21N3O2/c1-2-21-16(20)18-15-10-14(11-19(12-15)9-8-17)13-6-4-3-5-7-13/h3-7,14-15H,2,9-12H2,1H3,(H,18,20). The highest BCUT2D eigenvalue weighted by Gasteiger charge is 2.29. The Hall–Kier alpha value is -2.06. The molecule has 1 aromatic carbocycles. The summed E-state index contributed by atoms with van der Waals surface area (Å²) >= 11 is 0. The fourth-order valence-corrected chi connectivity index (χ4v) is 2.83. The zero-order valence-electron chi connectivity index (χ0n) is 12.3. The van der Waals surface area contributed by atoms with E-state index in [9.17, 15) is 4.79 Å². The van der Waals surface area contributed by atoms with Gasteiger partial charge in [0.05, 0.1) is 19.2 Å². The van der Waals surface area contributed by atoms with E-state index in [2.05, 4.69) is 28.4 Å². The third kappa shape index (κ3) is 4.47. The van der Waals surface area contributed by atoms with Crippen molar-refractivity contribution in [2.45, 2.75) is 25.3 Å². The topological polar surface area (TPSA) is 65.4 Å². The van der Waals surface area contributed by atoms with Crippen LogP contribution in [0.25, 0.3) is 0 Å². The Bertz CT molecular complexity index is 498. The number of likely N-dealkylation sites (tertiary alicyclic amines) is 1. The number of amides is 1. The molecule has 1 aromatic rings. The second kappa shape index (κ2) is 7.65. The van der Waals surface area contributed by atoms with Crippen molar-refractivity contribution in [2.24, 2.45) is 0 Å². The fraction of sp³-hybridized carbons (Fsp3) is 0.500. The summed E-state index contributed by atoms with van der Waals surface area (Å²) in [5, 5.41) is 11.8. The largest absolute Gasteiger partial charge is 0.450 e. The Balaban J connectivity index is 2.05. The van der Waals surface area contributed by atoms with Gasteiger partial charge in [-0.15, -0.1) is 0 Å². The molecule has 0 spiro atoms. The van der Waals surface area contributed by atoms with Gasteiger partial charge in [-0.2, -0.15) is 5.26 Å². The van der Waals surface area contributed by atoms with Crippen LogP contribution >= 0.6 is 0 Å². The summed E-state index contributed by atoms with van der Waals surface area (Å²) < 4.78 is 4.95. The first-order valence-corrected chi connectivity index (χ1v) is 7.30. The number of carbonyl (C=O) groups is 1. The van der Waals surface area contributed by atoms with Gasteiger partial charge in [-0.3, -0.25) is 4.90 Å². The highest BCUT2D eigenvalue weighted by Crippen LogP contribution is 2.26. The number of piperidine rings is 1. The van der Waals surface area contributed by atoms with E-state index in [0.29, 0.717) is 25.6 Å². The Morgan fingerprint density at radius 1 is 1.43 bits per heavy atom. The van der Waals surface area contributed by atoms with Crippen molar-refractivity contribution in [2.75, 3.05) is 26.2 Å². The van der Waals surface area contributed by atoms with Crippen molar-refractivity contribution in [1.82, 2.24) is 10.2 Å². The van der Waals surface area contributed by atoms with Gasteiger partial charge in [-0.25, -0.2) is 4.79 Å². The van der Waals surface area contributed by atoms with Gasteiger partial charge in [0, 0.05) is 19.1 Å². The number of alkyl carbamates (subject to hydrolysis) is 1. The lowest BCUT2D eigenvalue weighted by Crippen LogP contribution is -2.50. The van der Waals surface area contributed by atoms with Crippen molar-refractivity contribution in [3.05, 3.63) is 35.9 Å². The first kappa shape index (κ1) is 15.3. The van der Waals surface area contributed by atoms with Gasteiger partial charge < -0.3 is 10.1 Å². The molecule has 1 amide bonds. The number of hydrogen-bond donors (Lipinski definition) is 1.